The van der Waals surface area contributed by atoms with Gasteiger partial charge in [0.15, 0.2) is 0 Å². The van der Waals surface area contributed by atoms with Gasteiger partial charge in [-0.1, -0.05) is 0 Å². The molecule has 1 aliphatic rings. The first-order valence-electron chi connectivity index (χ1n) is 7.04. The third kappa shape index (κ3) is 2.66. The van der Waals surface area contributed by atoms with Gasteiger partial charge >= 0.3 is 0 Å². The zero-order valence-corrected chi connectivity index (χ0v) is 12.8. The van der Waals surface area contributed by atoms with Gasteiger partial charge in [-0.2, -0.15) is 10.1 Å². The van der Waals surface area contributed by atoms with Crippen LogP contribution in [0.3, 0.4) is 0 Å². The van der Waals surface area contributed by atoms with Crippen molar-refractivity contribution in [2.45, 2.75) is 32.9 Å². The number of nitrogens with one attached hydrogen (secondary N) is 1. The van der Waals surface area contributed by atoms with Crippen molar-refractivity contribution in [3.8, 4) is 11.5 Å². The number of benzene rings is 1. The van der Waals surface area contributed by atoms with Gasteiger partial charge in [-0.3, -0.25) is 0 Å². The van der Waals surface area contributed by atoms with Gasteiger partial charge < -0.3 is 14.8 Å². The first-order chi connectivity index (χ1) is 10.1. The van der Waals surface area contributed by atoms with Crippen LogP contribution in [0, 0.1) is 6.92 Å². The maximum Gasteiger partial charge on any atom is 0.221 e. The van der Waals surface area contributed by atoms with E-state index in [0.29, 0.717) is 6.54 Å². The van der Waals surface area contributed by atoms with Gasteiger partial charge in [-0.25, -0.2) is 4.68 Å². The fourth-order valence-electron chi connectivity index (χ4n) is 2.67. The normalized spacial score (nSPS) is 16.5. The Morgan fingerprint density at radius 3 is 2.95 bits per heavy atom. The minimum Gasteiger partial charge on any atom is -0.497 e. The van der Waals surface area contributed by atoms with Gasteiger partial charge in [-0.15, -0.1) is 0 Å². The zero-order chi connectivity index (χ0) is 15.0. The van der Waals surface area contributed by atoms with Crippen LogP contribution in [0.15, 0.2) is 12.1 Å². The standard InChI is InChI=1S/C15H20N4O2/c1-9-5-11-6-13(20-4)7-12(14(11)21-9)8-16-15-17-10(2)18-19(15)3/h6-7,9H,5,8H2,1-4H3,(H,16,17,18)/t9-/m1/s1. The smallest absolute Gasteiger partial charge is 0.221 e. The van der Waals surface area contributed by atoms with Crippen molar-refractivity contribution in [2.24, 2.45) is 7.05 Å². The Morgan fingerprint density at radius 2 is 2.29 bits per heavy atom. The monoisotopic (exact) mass is 288 g/mol. The molecule has 1 aliphatic heterocycles. The maximum absolute atomic E-state index is 5.92. The minimum absolute atomic E-state index is 0.211. The molecule has 0 saturated heterocycles. The lowest BCUT2D eigenvalue weighted by Crippen LogP contribution is -2.08. The van der Waals surface area contributed by atoms with Crippen molar-refractivity contribution in [3.63, 3.8) is 0 Å². The van der Waals surface area contributed by atoms with Crippen molar-refractivity contribution < 1.29 is 9.47 Å². The predicted octanol–water partition coefficient (Wildman–Crippen LogP) is 2.07. The van der Waals surface area contributed by atoms with Gasteiger partial charge in [0, 0.05) is 31.1 Å². The molecule has 1 N–H and O–H groups in total. The van der Waals surface area contributed by atoms with Crippen LogP contribution in [0.5, 0.6) is 11.5 Å². The van der Waals surface area contributed by atoms with E-state index in [1.165, 1.54) is 5.56 Å². The van der Waals surface area contributed by atoms with E-state index in [1.807, 2.05) is 20.0 Å². The molecule has 0 saturated carbocycles. The van der Waals surface area contributed by atoms with Gasteiger partial charge in [0.05, 0.1) is 7.11 Å². The van der Waals surface area contributed by atoms with Crippen LogP contribution in [-0.2, 0) is 20.0 Å². The number of nitrogens with zero attached hydrogens (tertiary/aromatic N) is 3. The lowest BCUT2D eigenvalue weighted by Gasteiger charge is -2.12. The molecule has 2 aromatic rings. The molecule has 1 aromatic heterocycles. The topological polar surface area (TPSA) is 61.2 Å². The predicted molar refractivity (Wildman–Crippen MR) is 79.9 cm³/mol. The molecular weight excluding hydrogens is 268 g/mol. The molecule has 1 aromatic carbocycles. The first kappa shape index (κ1) is 13.7. The first-order valence-corrected chi connectivity index (χ1v) is 7.04. The third-order valence-corrected chi connectivity index (χ3v) is 3.58. The van der Waals surface area contributed by atoms with Crippen molar-refractivity contribution in [2.75, 3.05) is 12.4 Å². The quantitative estimate of drug-likeness (QED) is 0.933. The molecule has 0 fully saturated rings. The lowest BCUT2D eigenvalue weighted by atomic mass is 10.1. The van der Waals surface area contributed by atoms with E-state index in [-0.39, 0.29) is 6.10 Å². The number of ether oxygens (including phenoxy) is 2. The number of hydrogen-bond acceptors (Lipinski definition) is 5. The molecule has 1 atom stereocenters. The summed E-state index contributed by atoms with van der Waals surface area (Å²) in [7, 11) is 3.56. The Morgan fingerprint density at radius 1 is 1.48 bits per heavy atom. The average Bonchev–Trinajstić information content (AvgIpc) is 2.97. The van der Waals surface area contributed by atoms with Crippen molar-refractivity contribution >= 4 is 5.95 Å². The Labute approximate surface area is 124 Å². The highest BCUT2D eigenvalue weighted by atomic mass is 16.5. The van der Waals surface area contributed by atoms with Crippen LogP contribution in [0.2, 0.25) is 0 Å². The molecular formula is C15H20N4O2. The number of methoxy groups -OCH3 is 1. The number of aromatic nitrogens is 3. The highest BCUT2D eigenvalue weighted by Gasteiger charge is 2.23. The molecule has 21 heavy (non-hydrogen) atoms. The van der Waals surface area contributed by atoms with Crippen LogP contribution in [0.1, 0.15) is 23.9 Å². The number of anilines is 1. The highest BCUT2D eigenvalue weighted by Crippen LogP contribution is 2.36. The Hall–Kier alpha value is -2.24. The summed E-state index contributed by atoms with van der Waals surface area (Å²) in [6.07, 6.45) is 1.13. The van der Waals surface area contributed by atoms with E-state index in [2.05, 4.69) is 28.4 Å². The molecule has 2 heterocycles. The molecule has 0 spiro atoms. The lowest BCUT2D eigenvalue weighted by molar-refractivity contribution is 0.252. The SMILES string of the molecule is COc1cc(CNc2nc(C)nn2C)c2c(c1)C[C@@H](C)O2. The van der Waals surface area contributed by atoms with E-state index in [9.17, 15) is 0 Å². The zero-order valence-electron chi connectivity index (χ0n) is 12.8. The molecule has 0 unspecified atom stereocenters. The summed E-state index contributed by atoms with van der Waals surface area (Å²) in [6, 6.07) is 4.06. The number of aryl methyl sites for hydroxylation is 2. The minimum atomic E-state index is 0.211. The molecule has 0 amide bonds. The van der Waals surface area contributed by atoms with E-state index in [0.717, 1.165) is 35.3 Å². The van der Waals surface area contributed by atoms with Crippen molar-refractivity contribution in [3.05, 3.63) is 29.1 Å². The van der Waals surface area contributed by atoms with Crippen molar-refractivity contribution in [1.82, 2.24) is 14.8 Å². The largest absolute Gasteiger partial charge is 0.497 e. The second-order valence-corrected chi connectivity index (χ2v) is 5.37. The van der Waals surface area contributed by atoms with E-state index in [1.54, 1.807) is 11.8 Å². The molecule has 6 heteroatoms. The molecule has 3 rings (SSSR count). The van der Waals surface area contributed by atoms with Crippen molar-refractivity contribution in [1.29, 1.82) is 0 Å². The van der Waals surface area contributed by atoms with Crippen LogP contribution in [0.25, 0.3) is 0 Å². The summed E-state index contributed by atoms with van der Waals surface area (Å²) in [5, 5.41) is 7.53. The summed E-state index contributed by atoms with van der Waals surface area (Å²) in [5.74, 6) is 3.32. The summed E-state index contributed by atoms with van der Waals surface area (Å²) < 4.78 is 13.0. The van der Waals surface area contributed by atoms with Crippen LogP contribution < -0.4 is 14.8 Å². The van der Waals surface area contributed by atoms with Gasteiger partial charge in [0.1, 0.15) is 23.4 Å². The van der Waals surface area contributed by atoms with Gasteiger partial charge in [0.2, 0.25) is 5.95 Å². The number of hydrogen-bond donors (Lipinski definition) is 1. The summed E-state index contributed by atoms with van der Waals surface area (Å²) in [5.41, 5.74) is 2.28. The molecule has 0 aliphatic carbocycles. The summed E-state index contributed by atoms with van der Waals surface area (Å²) in [6.45, 7) is 4.58. The molecule has 0 bridgehead atoms. The van der Waals surface area contributed by atoms with Crippen LogP contribution >= 0.6 is 0 Å². The highest BCUT2D eigenvalue weighted by molar-refractivity contribution is 5.50. The van der Waals surface area contributed by atoms with E-state index < -0.39 is 0 Å². The van der Waals surface area contributed by atoms with Crippen LogP contribution in [0.4, 0.5) is 5.95 Å². The maximum atomic E-state index is 5.92. The van der Waals surface area contributed by atoms with Crippen LogP contribution in [-0.4, -0.2) is 28.0 Å². The second-order valence-electron chi connectivity index (χ2n) is 5.37. The fraction of sp³-hybridized carbons (Fsp3) is 0.467. The molecule has 112 valence electrons. The number of rotatable bonds is 4. The van der Waals surface area contributed by atoms with Gasteiger partial charge in [-0.05, 0) is 26.0 Å². The second kappa shape index (κ2) is 5.27. The van der Waals surface area contributed by atoms with Gasteiger partial charge in [0.25, 0.3) is 0 Å². The fourth-order valence-corrected chi connectivity index (χ4v) is 2.67. The Bertz CT molecular complexity index is 666. The number of fused-ring (bicyclic) bond motifs is 1. The van der Waals surface area contributed by atoms with E-state index >= 15 is 0 Å². The Balaban J connectivity index is 1.85. The molecule has 6 nitrogen and oxygen atoms in total. The summed E-state index contributed by atoms with van der Waals surface area (Å²) in [4.78, 5) is 4.35. The molecule has 0 radical (unpaired) electrons. The van der Waals surface area contributed by atoms with E-state index in [4.69, 9.17) is 9.47 Å². The average molecular weight is 288 g/mol. The summed E-state index contributed by atoms with van der Waals surface area (Å²) >= 11 is 0. The Kier molecular flexibility index (Phi) is 3.45. The third-order valence-electron chi connectivity index (χ3n) is 3.58.